The monoisotopic (exact) mass is 276 g/mol. The fourth-order valence-electron chi connectivity index (χ4n) is 2.48. The molecule has 0 aliphatic carbocycles. The number of carbonyl (C=O) groups excluding carboxylic acids is 1. The van der Waals surface area contributed by atoms with Gasteiger partial charge in [0.25, 0.3) is 5.91 Å². The highest BCUT2D eigenvalue weighted by Gasteiger charge is 2.25. The van der Waals surface area contributed by atoms with Crippen LogP contribution in [0.1, 0.15) is 35.3 Å². The predicted molar refractivity (Wildman–Crippen MR) is 75.6 cm³/mol. The molecule has 5 nitrogen and oxygen atoms in total. The predicted octanol–water partition coefficient (Wildman–Crippen LogP) is 1.17. The first-order valence-corrected chi connectivity index (χ1v) is 6.86. The molecule has 1 atom stereocenters. The fraction of sp³-hybridized carbons (Fsp3) is 0.467. The second kappa shape index (κ2) is 6.05. The fourth-order valence-corrected chi connectivity index (χ4v) is 2.48. The van der Waals surface area contributed by atoms with Gasteiger partial charge in [-0.15, -0.1) is 0 Å². The molecule has 0 bridgehead atoms. The highest BCUT2D eigenvalue weighted by atomic mass is 16.4. The zero-order chi connectivity index (χ0) is 14.7. The third-order valence-electron chi connectivity index (χ3n) is 3.60. The van der Waals surface area contributed by atoms with Gasteiger partial charge in [0.2, 0.25) is 0 Å². The van der Waals surface area contributed by atoms with E-state index in [2.05, 4.69) is 10.6 Å². The molecule has 1 heterocycles. The molecular formula is C15H20N2O3. The minimum absolute atomic E-state index is 0.155. The third-order valence-corrected chi connectivity index (χ3v) is 3.60. The molecule has 108 valence electrons. The van der Waals surface area contributed by atoms with Crippen molar-refractivity contribution in [1.29, 1.82) is 0 Å². The molecule has 1 aliphatic rings. The molecule has 0 saturated carbocycles. The van der Waals surface area contributed by atoms with Gasteiger partial charge < -0.3 is 15.7 Å². The van der Waals surface area contributed by atoms with E-state index in [4.69, 9.17) is 5.11 Å². The molecule has 1 amide bonds. The Hall–Kier alpha value is -1.88. The molecule has 1 aliphatic heterocycles. The van der Waals surface area contributed by atoms with Gasteiger partial charge in [-0.2, -0.15) is 0 Å². The number of hydrogen-bond donors (Lipinski definition) is 3. The van der Waals surface area contributed by atoms with Crippen molar-refractivity contribution in [2.24, 2.45) is 5.92 Å². The molecule has 2 rings (SSSR count). The standard InChI is InChI=1S/C15H20N2O3/c1-9(2)13(15(19)20)17-14(18)12-5-3-4-10-8-16-7-6-11(10)12/h3-5,9,13,16H,6-8H2,1-2H3,(H,17,18)(H,19,20). The maximum absolute atomic E-state index is 12.3. The first-order chi connectivity index (χ1) is 9.50. The first kappa shape index (κ1) is 14.5. The van der Waals surface area contributed by atoms with Gasteiger partial charge in [0, 0.05) is 12.1 Å². The van der Waals surface area contributed by atoms with Crippen molar-refractivity contribution >= 4 is 11.9 Å². The summed E-state index contributed by atoms with van der Waals surface area (Å²) >= 11 is 0. The third kappa shape index (κ3) is 2.99. The van der Waals surface area contributed by atoms with E-state index in [9.17, 15) is 9.59 Å². The Kier molecular flexibility index (Phi) is 4.39. The molecule has 1 aromatic rings. The summed E-state index contributed by atoms with van der Waals surface area (Å²) < 4.78 is 0. The smallest absolute Gasteiger partial charge is 0.326 e. The van der Waals surface area contributed by atoms with E-state index in [-0.39, 0.29) is 11.8 Å². The maximum Gasteiger partial charge on any atom is 0.326 e. The summed E-state index contributed by atoms with van der Waals surface area (Å²) in [4.78, 5) is 23.5. The second-order valence-corrected chi connectivity index (χ2v) is 5.40. The van der Waals surface area contributed by atoms with E-state index in [0.717, 1.165) is 30.6 Å². The van der Waals surface area contributed by atoms with E-state index in [1.54, 1.807) is 19.9 Å². The van der Waals surface area contributed by atoms with Gasteiger partial charge in [-0.05, 0) is 36.1 Å². The number of carboxylic acid groups (broad SMARTS) is 1. The number of rotatable bonds is 4. The lowest BCUT2D eigenvalue weighted by Crippen LogP contribution is -2.44. The van der Waals surface area contributed by atoms with Gasteiger partial charge in [0.05, 0.1) is 0 Å². The van der Waals surface area contributed by atoms with Crippen LogP contribution in [0.2, 0.25) is 0 Å². The minimum atomic E-state index is -1.00. The Labute approximate surface area is 118 Å². The molecule has 0 radical (unpaired) electrons. The number of aliphatic carboxylic acids is 1. The number of carboxylic acids is 1. The van der Waals surface area contributed by atoms with Gasteiger partial charge in [0.15, 0.2) is 0 Å². The molecule has 0 fully saturated rings. The summed E-state index contributed by atoms with van der Waals surface area (Å²) in [5.74, 6) is -1.46. The Morgan fingerprint density at radius 1 is 1.35 bits per heavy atom. The molecule has 0 aromatic heterocycles. The normalized spacial score (nSPS) is 15.6. The zero-order valence-corrected chi connectivity index (χ0v) is 11.8. The van der Waals surface area contributed by atoms with Crippen molar-refractivity contribution in [2.75, 3.05) is 6.54 Å². The molecule has 5 heteroatoms. The number of nitrogens with one attached hydrogen (secondary N) is 2. The van der Waals surface area contributed by atoms with Crippen molar-refractivity contribution in [2.45, 2.75) is 32.9 Å². The molecule has 0 saturated heterocycles. The number of fused-ring (bicyclic) bond motifs is 1. The minimum Gasteiger partial charge on any atom is -0.480 e. The van der Waals surface area contributed by atoms with Crippen LogP contribution in [0.15, 0.2) is 18.2 Å². The van der Waals surface area contributed by atoms with Gasteiger partial charge in [-0.25, -0.2) is 4.79 Å². The molecule has 0 spiro atoms. The van der Waals surface area contributed by atoms with Crippen LogP contribution in [0.3, 0.4) is 0 Å². The van der Waals surface area contributed by atoms with Crippen LogP contribution in [0.4, 0.5) is 0 Å². The molecular weight excluding hydrogens is 256 g/mol. The van der Waals surface area contributed by atoms with Crippen LogP contribution in [-0.2, 0) is 17.8 Å². The number of amides is 1. The SMILES string of the molecule is CC(C)C(NC(=O)c1cccc2c1CCNC2)C(=O)O. The van der Waals surface area contributed by atoms with E-state index in [0.29, 0.717) is 5.56 Å². The van der Waals surface area contributed by atoms with Crippen LogP contribution < -0.4 is 10.6 Å². The summed E-state index contributed by atoms with van der Waals surface area (Å²) in [5, 5.41) is 15.0. The number of carbonyl (C=O) groups is 2. The summed E-state index contributed by atoms with van der Waals surface area (Å²) in [6.07, 6.45) is 0.790. The van der Waals surface area contributed by atoms with Gasteiger partial charge in [-0.1, -0.05) is 26.0 Å². The lowest BCUT2D eigenvalue weighted by molar-refractivity contribution is -0.140. The van der Waals surface area contributed by atoms with E-state index in [1.807, 2.05) is 12.1 Å². The summed E-state index contributed by atoms with van der Waals surface area (Å²) in [6.45, 7) is 5.15. The summed E-state index contributed by atoms with van der Waals surface area (Å²) in [5.41, 5.74) is 2.73. The quantitative estimate of drug-likeness (QED) is 0.771. The van der Waals surface area contributed by atoms with E-state index >= 15 is 0 Å². The maximum atomic E-state index is 12.3. The highest BCUT2D eigenvalue weighted by molar-refractivity contribution is 5.98. The van der Waals surface area contributed by atoms with Gasteiger partial charge >= 0.3 is 5.97 Å². The Balaban J connectivity index is 2.23. The average molecular weight is 276 g/mol. The van der Waals surface area contributed by atoms with Crippen molar-refractivity contribution in [3.63, 3.8) is 0 Å². The zero-order valence-electron chi connectivity index (χ0n) is 11.8. The Bertz CT molecular complexity index is 526. The van der Waals surface area contributed by atoms with Crippen molar-refractivity contribution in [3.05, 3.63) is 34.9 Å². The average Bonchev–Trinajstić information content (AvgIpc) is 2.43. The lowest BCUT2D eigenvalue weighted by Gasteiger charge is -2.22. The van der Waals surface area contributed by atoms with Crippen LogP contribution in [0.25, 0.3) is 0 Å². The summed E-state index contributed by atoms with van der Waals surface area (Å²) in [6, 6.07) is 4.74. The topological polar surface area (TPSA) is 78.4 Å². The number of hydrogen-bond acceptors (Lipinski definition) is 3. The summed E-state index contributed by atoms with van der Waals surface area (Å²) in [7, 11) is 0. The highest BCUT2D eigenvalue weighted by Crippen LogP contribution is 2.19. The van der Waals surface area contributed by atoms with Gasteiger partial charge in [0.1, 0.15) is 6.04 Å². The van der Waals surface area contributed by atoms with Gasteiger partial charge in [-0.3, -0.25) is 4.79 Å². The number of benzene rings is 1. The molecule has 20 heavy (non-hydrogen) atoms. The lowest BCUT2D eigenvalue weighted by atomic mass is 9.94. The van der Waals surface area contributed by atoms with Crippen LogP contribution >= 0.6 is 0 Å². The molecule has 1 aromatic carbocycles. The van der Waals surface area contributed by atoms with Crippen molar-refractivity contribution in [3.8, 4) is 0 Å². The largest absolute Gasteiger partial charge is 0.480 e. The first-order valence-electron chi connectivity index (χ1n) is 6.86. The molecule has 1 unspecified atom stereocenters. The van der Waals surface area contributed by atoms with Crippen LogP contribution in [0.5, 0.6) is 0 Å². The Morgan fingerprint density at radius 3 is 2.75 bits per heavy atom. The molecule has 3 N–H and O–H groups in total. The van der Waals surface area contributed by atoms with Crippen molar-refractivity contribution in [1.82, 2.24) is 10.6 Å². The van der Waals surface area contributed by atoms with E-state index in [1.165, 1.54) is 0 Å². The van der Waals surface area contributed by atoms with Crippen LogP contribution in [-0.4, -0.2) is 29.6 Å². The Morgan fingerprint density at radius 2 is 2.10 bits per heavy atom. The van der Waals surface area contributed by atoms with Crippen molar-refractivity contribution < 1.29 is 14.7 Å². The second-order valence-electron chi connectivity index (χ2n) is 5.40. The van der Waals surface area contributed by atoms with E-state index < -0.39 is 12.0 Å². The van der Waals surface area contributed by atoms with Crippen LogP contribution in [0, 0.1) is 5.92 Å².